The van der Waals surface area contributed by atoms with E-state index >= 15 is 0 Å². The standard InChI is InChI=1S/C18H21FN4OS/c1-12-7-14(8-15-3-4-17(19)20-9-15)5-6-23(12)11-16-10-21-18(25-16)22-13(2)24/h3-4,8-10,12H,5-7,11H2,1-2H3,(H,21,22,24)/b14-8+/t12-/m0/s1. The number of likely N-dealkylation sites (tertiary alicyclic amines) is 1. The number of carbonyl (C=O) groups is 1. The molecule has 0 aromatic carbocycles. The number of nitrogens with one attached hydrogen (secondary N) is 1. The van der Waals surface area contributed by atoms with Gasteiger partial charge in [-0.25, -0.2) is 9.97 Å². The van der Waals surface area contributed by atoms with Crippen molar-refractivity contribution in [3.63, 3.8) is 0 Å². The zero-order chi connectivity index (χ0) is 17.8. The highest BCUT2D eigenvalue weighted by Crippen LogP contribution is 2.27. The number of piperidine rings is 1. The fourth-order valence-electron chi connectivity index (χ4n) is 2.98. The molecule has 1 atom stereocenters. The van der Waals surface area contributed by atoms with E-state index in [4.69, 9.17) is 0 Å². The Morgan fingerprint density at radius 1 is 1.44 bits per heavy atom. The van der Waals surface area contributed by atoms with Crippen molar-refractivity contribution >= 4 is 28.5 Å². The van der Waals surface area contributed by atoms with Gasteiger partial charge in [0.05, 0.1) is 0 Å². The lowest BCUT2D eigenvalue weighted by Crippen LogP contribution is -2.37. The van der Waals surface area contributed by atoms with Crippen LogP contribution in [-0.4, -0.2) is 33.4 Å². The van der Waals surface area contributed by atoms with Crippen LogP contribution in [0.5, 0.6) is 0 Å². The summed E-state index contributed by atoms with van der Waals surface area (Å²) < 4.78 is 12.9. The minimum Gasteiger partial charge on any atom is -0.302 e. The van der Waals surface area contributed by atoms with Gasteiger partial charge in [-0.15, -0.1) is 11.3 Å². The summed E-state index contributed by atoms with van der Waals surface area (Å²) in [6.07, 6.45) is 7.48. The fraction of sp³-hybridized carbons (Fsp3) is 0.389. The predicted octanol–water partition coefficient (Wildman–Crippen LogP) is 3.70. The zero-order valence-electron chi connectivity index (χ0n) is 14.3. The van der Waals surface area contributed by atoms with Gasteiger partial charge >= 0.3 is 0 Å². The van der Waals surface area contributed by atoms with E-state index in [0.29, 0.717) is 11.2 Å². The van der Waals surface area contributed by atoms with Crippen molar-refractivity contribution < 1.29 is 9.18 Å². The molecule has 7 heteroatoms. The van der Waals surface area contributed by atoms with Gasteiger partial charge < -0.3 is 5.32 Å². The summed E-state index contributed by atoms with van der Waals surface area (Å²) in [5.41, 5.74) is 2.31. The smallest absolute Gasteiger partial charge is 0.223 e. The van der Waals surface area contributed by atoms with Gasteiger partial charge in [-0.05, 0) is 37.5 Å². The minimum atomic E-state index is -0.450. The second-order valence-electron chi connectivity index (χ2n) is 6.30. The van der Waals surface area contributed by atoms with Gasteiger partial charge in [0.2, 0.25) is 11.9 Å². The quantitative estimate of drug-likeness (QED) is 0.845. The summed E-state index contributed by atoms with van der Waals surface area (Å²) >= 11 is 1.52. The van der Waals surface area contributed by atoms with E-state index in [1.807, 2.05) is 6.20 Å². The first kappa shape index (κ1) is 17.7. The fourth-order valence-corrected chi connectivity index (χ4v) is 3.87. The second kappa shape index (κ2) is 7.84. The molecule has 0 saturated carbocycles. The lowest BCUT2D eigenvalue weighted by Gasteiger charge is -2.34. The van der Waals surface area contributed by atoms with Crippen LogP contribution in [-0.2, 0) is 11.3 Å². The molecule has 1 N–H and O–H groups in total. The first-order valence-corrected chi connectivity index (χ1v) is 9.08. The molecule has 1 amide bonds. The van der Waals surface area contributed by atoms with Crippen LogP contribution in [0.15, 0.2) is 30.1 Å². The Hall–Kier alpha value is -2.12. The average molecular weight is 360 g/mol. The van der Waals surface area contributed by atoms with Crippen LogP contribution >= 0.6 is 11.3 Å². The molecule has 25 heavy (non-hydrogen) atoms. The van der Waals surface area contributed by atoms with Gasteiger partial charge in [0, 0.05) is 43.3 Å². The van der Waals surface area contributed by atoms with Crippen molar-refractivity contribution in [2.45, 2.75) is 39.3 Å². The molecule has 0 bridgehead atoms. The first-order chi connectivity index (χ1) is 12.0. The Labute approximate surface area is 150 Å². The highest BCUT2D eigenvalue weighted by atomic mass is 32.1. The third kappa shape index (κ3) is 4.93. The number of pyridine rings is 1. The molecule has 3 rings (SSSR count). The van der Waals surface area contributed by atoms with Crippen LogP contribution in [0.1, 0.15) is 37.1 Å². The molecule has 2 aromatic heterocycles. The Bertz CT molecular complexity index is 772. The molecule has 2 aromatic rings. The van der Waals surface area contributed by atoms with Crippen molar-refractivity contribution in [3.8, 4) is 0 Å². The molecular weight excluding hydrogens is 339 g/mol. The Morgan fingerprint density at radius 2 is 2.28 bits per heavy atom. The van der Waals surface area contributed by atoms with Crippen LogP contribution in [0.25, 0.3) is 6.08 Å². The molecule has 1 aliphatic rings. The van der Waals surface area contributed by atoms with Crippen molar-refractivity contribution in [1.29, 1.82) is 0 Å². The highest BCUT2D eigenvalue weighted by Gasteiger charge is 2.22. The third-order valence-corrected chi connectivity index (χ3v) is 5.12. The van der Waals surface area contributed by atoms with Crippen LogP contribution in [0.3, 0.4) is 0 Å². The van der Waals surface area contributed by atoms with Gasteiger partial charge in [-0.2, -0.15) is 4.39 Å². The summed E-state index contributed by atoms with van der Waals surface area (Å²) in [7, 11) is 0. The largest absolute Gasteiger partial charge is 0.302 e. The van der Waals surface area contributed by atoms with Crippen LogP contribution in [0, 0.1) is 5.95 Å². The number of aromatic nitrogens is 2. The molecule has 0 spiro atoms. The zero-order valence-corrected chi connectivity index (χ0v) is 15.1. The van der Waals surface area contributed by atoms with E-state index in [1.54, 1.807) is 12.3 Å². The second-order valence-corrected chi connectivity index (χ2v) is 7.42. The molecule has 3 heterocycles. The van der Waals surface area contributed by atoms with E-state index in [1.165, 1.54) is 29.9 Å². The SMILES string of the molecule is CC(=O)Nc1ncc(CN2CC/C(=C\c3ccc(F)nc3)C[C@@H]2C)s1. The number of rotatable bonds is 4. The monoisotopic (exact) mass is 360 g/mol. The van der Waals surface area contributed by atoms with E-state index in [2.05, 4.69) is 33.2 Å². The summed E-state index contributed by atoms with van der Waals surface area (Å²) in [6.45, 7) is 5.50. The molecule has 5 nitrogen and oxygen atoms in total. The van der Waals surface area contributed by atoms with Crippen LogP contribution < -0.4 is 5.32 Å². The van der Waals surface area contributed by atoms with Crippen LogP contribution in [0.4, 0.5) is 9.52 Å². The topological polar surface area (TPSA) is 58.1 Å². The Morgan fingerprint density at radius 3 is 2.96 bits per heavy atom. The Balaban J connectivity index is 1.59. The summed E-state index contributed by atoms with van der Waals surface area (Å²) in [5.74, 6) is -0.550. The number of amides is 1. The van der Waals surface area contributed by atoms with Crippen molar-refractivity contribution in [2.24, 2.45) is 0 Å². The third-order valence-electron chi connectivity index (χ3n) is 4.22. The summed E-state index contributed by atoms with van der Waals surface area (Å²) in [4.78, 5) is 22.6. The molecule has 0 aliphatic carbocycles. The molecular formula is C18H21FN4OS. The number of anilines is 1. The lowest BCUT2D eigenvalue weighted by atomic mass is 9.96. The normalized spacial score (nSPS) is 20.0. The lowest BCUT2D eigenvalue weighted by molar-refractivity contribution is -0.114. The van der Waals surface area contributed by atoms with Gasteiger partial charge in [-0.1, -0.05) is 11.6 Å². The maximum absolute atomic E-state index is 12.9. The van der Waals surface area contributed by atoms with E-state index in [-0.39, 0.29) is 5.91 Å². The average Bonchev–Trinajstić information content (AvgIpc) is 2.98. The number of nitrogens with zero attached hydrogens (tertiary/aromatic N) is 3. The van der Waals surface area contributed by atoms with Crippen molar-refractivity contribution in [3.05, 3.63) is 46.5 Å². The summed E-state index contributed by atoms with van der Waals surface area (Å²) in [5, 5.41) is 3.37. The molecule has 1 aliphatic heterocycles. The number of hydrogen-bond donors (Lipinski definition) is 1. The molecule has 132 valence electrons. The summed E-state index contributed by atoms with van der Waals surface area (Å²) in [6, 6.07) is 3.56. The van der Waals surface area contributed by atoms with Gasteiger partial charge in [0.25, 0.3) is 0 Å². The van der Waals surface area contributed by atoms with E-state index in [0.717, 1.165) is 36.4 Å². The van der Waals surface area contributed by atoms with Gasteiger partial charge in [0.15, 0.2) is 5.13 Å². The van der Waals surface area contributed by atoms with E-state index in [9.17, 15) is 9.18 Å². The Kier molecular flexibility index (Phi) is 5.55. The minimum absolute atomic E-state index is 0.0997. The molecule has 1 fully saturated rings. The first-order valence-electron chi connectivity index (χ1n) is 8.27. The van der Waals surface area contributed by atoms with E-state index < -0.39 is 5.95 Å². The van der Waals surface area contributed by atoms with Gasteiger partial charge in [0.1, 0.15) is 0 Å². The number of carbonyl (C=O) groups excluding carboxylic acids is 1. The number of hydrogen-bond acceptors (Lipinski definition) is 5. The molecule has 0 unspecified atom stereocenters. The van der Waals surface area contributed by atoms with Gasteiger partial charge in [-0.3, -0.25) is 9.69 Å². The number of thiazole rings is 1. The van der Waals surface area contributed by atoms with Crippen molar-refractivity contribution in [2.75, 3.05) is 11.9 Å². The molecule has 1 saturated heterocycles. The van der Waals surface area contributed by atoms with Crippen molar-refractivity contribution in [1.82, 2.24) is 14.9 Å². The number of halogens is 1. The molecule has 0 radical (unpaired) electrons. The maximum atomic E-state index is 12.9. The highest BCUT2D eigenvalue weighted by molar-refractivity contribution is 7.15. The predicted molar refractivity (Wildman–Crippen MR) is 97.7 cm³/mol. The maximum Gasteiger partial charge on any atom is 0.223 e. The van der Waals surface area contributed by atoms with Crippen LogP contribution in [0.2, 0.25) is 0 Å².